The van der Waals surface area contributed by atoms with Crippen LogP contribution in [0.15, 0.2) is 40.0 Å². The van der Waals surface area contributed by atoms with Crippen LogP contribution in [-0.2, 0) is 9.59 Å². The number of carbonyl (C=O) groups is 2. The van der Waals surface area contributed by atoms with Gasteiger partial charge in [-0.25, -0.2) is 9.59 Å². The minimum atomic E-state index is -1.21. The van der Waals surface area contributed by atoms with E-state index in [0.717, 1.165) is 6.08 Å². The van der Waals surface area contributed by atoms with Crippen LogP contribution in [0.5, 0.6) is 0 Å². The first kappa shape index (κ1) is 11.8. The zero-order valence-corrected chi connectivity index (χ0v) is 8.51. The van der Waals surface area contributed by atoms with Crippen molar-refractivity contribution in [2.24, 2.45) is 0 Å². The van der Waals surface area contributed by atoms with Gasteiger partial charge >= 0.3 is 11.9 Å². The monoisotopic (exact) mass is 222 g/mol. The van der Waals surface area contributed by atoms with Crippen molar-refractivity contribution < 1.29 is 24.2 Å². The Morgan fingerprint density at radius 1 is 1.31 bits per heavy atom. The molecule has 0 aliphatic rings. The highest BCUT2D eigenvalue weighted by molar-refractivity contribution is 5.98. The molecule has 0 atom stereocenters. The molecule has 1 aromatic heterocycles. The van der Waals surface area contributed by atoms with Crippen LogP contribution < -0.4 is 0 Å². The Hall–Kier alpha value is -2.30. The molecule has 0 aromatic carbocycles. The smallest absolute Gasteiger partial charge is 0.335 e. The highest BCUT2D eigenvalue weighted by Crippen LogP contribution is 2.11. The summed E-state index contributed by atoms with van der Waals surface area (Å²) in [6.07, 6.45) is 3.74. The summed E-state index contributed by atoms with van der Waals surface area (Å²) in [5.74, 6) is -2.02. The van der Waals surface area contributed by atoms with Gasteiger partial charge in [0.1, 0.15) is 5.76 Å². The van der Waals surface area contributed by atoms with E-state index < -0.39 is 11.9 Å². The largest absolute Gasteiger partial charge is 0.478 e. The lowest BCUT2D eigenvalue weighted by Crippen LogP contribution is -2.02. The highest BCUT2D eigenvalue weighted by atomic mass is 16.4. The molecule has 0 radical (unpaired) electrons. The van der Waals surface area contributed by atoms with Gasteiger partial charge in [-0.05, 0) is 31.2 Å². The topological polar surface area (TPSA) is 87.7 Å². The average molecular weight is 222 g/mol. The van der Waals surface area contributed by atoms with Crippen molar-refractivity contribution in [3.8, 4) is 0 Å². The molecule has 0 bridgehead atoms. The van der Waals surface area contributed by atoms with Gasteiger partial charge in [-0.2, -0.15) is 0 Å². The fourth-order valence-corrected chi connectivity index (χ4v) is 0.987. The van der Waals surface area contributed by atoms with Gasteiger partial charge in [-0.1, -0.05) is 0 Å². The molecule has 1 aromatic rings. The lowest BCUT2D eigenvalue weighted by atomic mass is 10.1. The van der Waals surface area contributed by atoms with Crippen molar-refractivity contribution >= 4 is 18.0 Å². The molecule has 0 aliphatic carbocycles. The van der Waals surface area contributed by atoms with Gasteiger partial charge in [0.25, 0.3) is 0 Å². The molecule has 84 valence electrons. The molecule has 5 heteroatoms. The minimum Gasteiger partial charge on any atom is -0.478 e. The molecule has 0 amide bonds. The molecule has 5 nitrogen and oxygen atoms in total. The molecule has 2 N–H and O–H groups in total. The second-order valence-corrected chi connectivity index (χ2v) is 3.05. The lowest BCUT2D eigenvalue weighted by molar-refractivity contribution is -0.132. The molecule has 0 saturated heterocycles. The zero-order chi connectivity index (χ0) is 12.1. The van der Waals surface area contributed by atoms with Gasteiger partial charge in [0, 0.05) is 5.57 Å². The third-order valence-corrected chi connectivity index (χ3v) is 1.80. The van der Waals surface area contributed by atoms with E-state index in [4.69, 9.17) is 14.6 Å². The first-order valence-electron chi connectivity index (χ1n) is 4.41. The molecule has 0 unspecified atom stereocenters. The molecular formula is C11H10O5. The van der Waals surface area contributed by atoms with Crippen LogP contribution in [0.1, 0.15) is 12.7 Å². The third kappa shape index (κ3) is 3.13. The number of carboxylic acid groups (broad SMARTS) is 2. The van der Waals surface area contributed by atoms with Crippen LogP contribution >= 0.6 is 0 Å². The minimum absolute atomic E-state index is 0.0554. The Bertz CT molecular complexity index is 451. The van der Waals surface area contributed by atoms with E-state index in [-0.39, 0.29) is 11.1 Å². The van der Waals surface area contributed by atoms with Crippen molar-refractivity contribution in [3.05, 3.63) is 41.4 Å². The summed E-state index contributed by atoms with van der Waals surface area (Å²) in [4.78, 5) is 21.4. The van der Waals surface area contributed by atoms with Gasteiger partial charge in [-0.3, -0.25) is 0 Å². The summed E-state index contributed by atoms with van der Waals surface area (Å²) in [6.45, 7) is 1.32. The maximum atomic E-state index is 10.8. The summed E-state index contributed by atoms with van der Waals surface area (Å²) in [7, 11) is 0. The maximum Gasteiger partial charge on any atom is 0.335 e. The van der Waals surface area contributed by atoms with E-state index in [0.29, 0.717) is 5.76 Å². The molecule has 16 heavy (non-hydrogen) atoms. The summed E-state index contributed by atoms with van der Waals surface area (Å²) >= 11 is 0. The fourth-order valence-electron chi connectivity index (χ4n) is 0.987. The number of furan rings is 1. The predicted octanol–water partition coefficient (Wildman–Crippen LogP) is 1.78. The Kier molecular flexibility index (Phi) is 3.66. The maximum absolute atomic E-state index is 10.8. The van der Waals surface area contributed by atoms with E-state index in [1.807, 2.05) is 0 Å². The summed E-state index contributed by atoms with van der Waals surface area (Å²) < 4.78 is 4.94. The Labute approximate surface area is 91.3 Å². The second kappa shape index (κ2) is 4.97. The number of rotatable bonds is 4. The lowest BCUT2D eigenvalue weighted by Gasteiger charge is -1.96. The van der Waals surface area contributed by atoms with Gasteiger partial charge < -0.3 is 14.6 Å². The average Bonchev–Trinajstić information content (AvgIpc) is 2.68. The standard InChI is InChI=1S/C11H10O5/c1-7(10(12)13)5-8(11(14)15)6-9-3-2-4-16-9/h2-6H,1H3,(H,12,13)(H,14,15)/b7-5-,8-6+. The summed E-state index contributed by atoms with van der Waals surface area (Å²) in [5, 5.41) is 17.5. The normalized spacial score (nSPS) is 12.6. The van der Waals surface area contributed by atoms with Crippen LogP contribution in [0, 0.1) is 0 Å². The highest BCUT2D eigenvalue weighted by Gasteiger charge is 2.08. The molecule has 0 spiro atoms. The van der Waals surface area contributed by atoms with E-state index in [9.17, 15) is 9.59 Å². The quantitative estimate of drug-likeness (QED) is 0.598. The first-order chi connectivity index (χ1) is 7.50. The SMILES string of the molecule is C/C(=C/C(=C\c1ccco1)C(=O)O)C(=O)O. The molecule has 0 saturated carbocycles. The molecule has 1 heterocycles. The van der Waals surface area contributed by atoms with Crippen molar-refractivity contribution in [1.82, 2.24) is 0 Å². The van der Waals surface area contributed by atoms with Crippen LogP contribution in [0.25, 0.3) is 6.08 Å². The van der Waals surface area contributed by atoms with Gasteiger partial charge in [0.05, 0.1) is 11.8 Å². The fraction of sp³-hybridized carbons (Fsp3) is 0.0909. The molecular weight excluding hydrogens is 212 g/mol. The van der Waals surface area contributed by atoms with Crippen molar-refractivity contribution in [3.63, 3.8) is 0 Å². The van der Waals surface area contributed by atoms with Crippen molar-refractivity contribution in [2.75, 3.05) is 0 Å². The Morgan fingerprint density at radius 2 is 2.00 bits per heavy atom. The summed E-state index contributed by atoms with van der Waals surface area (Å²) in [5.41, 5.74) is -0.199. The van der Waals surface area contributed by atoms with Gasteiger partial charge in [0.15, 0.2) is 0 Å². The van der Waals surface area contributed by atoms with Crippen LogP contribution in [0.2, 0.25) is 0 Å². The van der Waals surface area contributed by atoms with Crippen molar-refractivity contribution in [1.29, 1.82) is 0 Å². The summed E-state index contributed by atoms with van der Waals surface area (Å²) in [6, 6.07) is 3.19. The predicted molar refractivity (Wildman–Crippen MR) is 55.7 cm³/mol. The zero-order valence-electron chi connectivity index (χ0n) is 8.51. The number of aliphatic carboxylic acids is 2. The number of hydrogen-bond donors (Lipinski definition) is 2. The van der Waals surface area contributed by atoms with Crippen molar-refractivity contribution in [2.45, 2.75) is 6.92 Å². The van der Waals surface area contributed by atoms with Gasteiger partial charge in [0.2, 0.25) is 0 Å². The van der Waals surface area contributed by atoms with E-state index >= 15 is 0 Å². The Morgan fingerprint density at radius 3 is 2.44 bits per heavy atom. The molecule has 0 fully saturated rings. The van der Waals surface area contributed by atoms with E-state index in [1.165, 1.54) is 19.3 Å². The molecule has 0 aliphatic heterocycles. The second-order valence-electron chi connectivity index (χ2n) is 3.05. The molecule has 1 rings (SSSR count). The Balaban J connectivity index is 3.06. The van der Waals surface area contributed by atoms with E-state index in [2.05, 4.69) is 0 Å². The first-order valence-corrected chi connectivity index (χ1v) is 4.41. The number of hydrogen-bond acceptors (Lipinski definition) is 3. The van der Waals surface area contributed by atoms with Gasteiger partial charge in [-0.15, -0.1) is 0 Å². The van der Waals surface area contributed by atoms with Crippen LogP contribution in [-0.4, -0.2) is 22.2 Å². The number of carboxylic acids is 2. The van der Waals surface area contributed by atoms with Crippen LogP contribution in [0.4, 0.5) is 0 Å². The third-order valence-electron chi connectivity index (χ3n) is 1.80. The van der Waals surface area contributed by atoms with E-state index in [1.54, 1.807) is 12.1 Å². The van der Waals surface area contributed by atoms with Crippen LogP contribution in [0.3, 0.4) is 0 Å².